The first-order valence-corrected chi connectivity index (χ1v) is 7.68. The minimum atomic E-state index is -0.260. The number of hydrogen-bond acceptors (Lipinski definition) is 3. The third-order valence-electron chi connectivity index (χ3n) is 4.05. The first kappa shape index (κ1) is 14.1. The molecule has 1 saturated carbocycles. The molecule has 1 aromatic heterocycles. The summed E-state index contributed by atoms with van der Waals surface area (Å²) in [6.45, 7) is 2.86. The molecule has 112 valence electrons. The molecular weight excluding hydrogens is 264 g/mol. The third-order valence-corrected chi connectivity index (χ3v) is 4.05. The minimum absolute atomic E-state index is 0.247. The SMILES string of the molecule is CCc1nc2ccccc2n1CCC(NC1CC1)C(N)=O. The van der Waals surface area contributed by atoms with Gasteiger partial charge in [-0.3, -0.25) is 4.79 Å². The van der Waals surface area contributed by atoms with Crippen molar-refractivity contribution in [2.24, 2.45) is 5.73 Å². The van der Waals surface area contributed by atoms with E-state index in [9.17, 15) is 4.79 Å². The van der Waals surface area contributed by atoms with Crippen molar-refractivity contribution in [3.05, 3.63) is 30.1 Å². The van der Waals surface area contributed by atoms with Crippen LogP contribution in [0.2, 0.25) is 0 Å². The molecule has 5 nitrogen and oxygen atoms in total. The maximum absolute atomic E-state index is 11.6. The summed E-state index contributed by atoms with van der Waals surface area (Å²) in [4.78, 5) is 16.2. The Morgan fingerprint density at radius 1 is 1.48 bits per heavy atom. The molecule has 1 aromatic carbocycles. The largest absolute Gasteiger partial charge is 0.368 e. The van der Waals surface area contributed by atoms with E-state index in [-0.39, 0.29) is 11.9 Å². The molecule has 3 N–H and O–H groups in total. The first-order valence-electron chi connectivity index (χ1n) is 7.68. The van der Waals surface area contributed by atoms with E-state index in [0.717, 1.165) is 42.7 Å². The fourth-order valence-electron chi connectivity index (χ4n) is 2.75. The fourth-order valence-corrected chi connectivity index (χ4v) is 2.75. The number of aromatic nitrogens is 2. The van der Waals surface area contributed by atoms with Crippen molar-refractivity contribution in [3.63, 3.8) is 0 Å². The van der Waals surface area contributed by atoms with Crippen molar-refractivity contribution < 1.29 is 4.79 Å². The molecule has 0 aliphatic heterocycles. The van der Waals surface area contributed by atoms with Gasteiger partial charge in [-0.1, -0.05) is 19.1 Å². The maximum atomic E-state index is 11.6. The zero-order valence-corrected chi connectivity index (χ0v) is 12.4. The van der Waals surface area contributed by atoms with Crippen LogP contribution in [0.4, 0.5) is 0 Å². The molecule has 1 atom stereocenters. The number of carbonyl (C=O) groups excluding carboxylic acids is 1. The van der Waals surface area contributed by atoms with Crippen LogP contribution in [0.5, 0.6) is 0 Å². The van der Waals surface area contributed by atoms with Crippen molar-refractivity contribution in [3.8, 4) is 0 Å². The molecule has 1 amide bonds. The van der Waals surface area contributed by atoms with Crippen LogP contribution < -0.4 is 11.1 Å². The number of para-hydroxylation sites is 2. The highest BCUT2D eigenvalue weighted by atomic mass is 16.1. The highest BCUT2D eigenvalue weighted by molar-refractivity contribution is 5.80. The number of aryl methyl sites for hydroxylation is 2. The Bertz CT molecular complexity index is 645. The lowest BCUT2D eigenvalue weighted by Gasteiger charge is -2.16. The Hall–Kier alpha value is -1.88. The summed E-state index contributed by atoms with van der Waals surface area (Å²) in [6, 6.07) is 8.36. The van der Waals surface area contributed by atoms with Crippen molar-refractivity contribution in [2.45, 2.75) is 51.2 Å². The lowest BCUT2D eigenvalue weighted by atomic mass is 10.2. The van der Waals surface area contributed by atoms with Crippen molar-refractivity contribution in [1.82, 2.24) is 14.9 Å². The smallest absolute Gasteiger partial charge is 0.234 e. The van der Waals surface area contributed by atoms with E-state index in [1.807, 2.05) is 18.2 Å². The van der Waals surface area contributed by atoms with Gasteiger partial charge in [0.2, 0.25) is 5.91 Å². The van der Waals surface area contributed by atoms with Gasteiger partial charge in [0.1, 0.15) is 5.82 Å². The summed E-state index contributed by atoms with van der Waals surface area (Å²) < 4.78 is 2.21. The zero-order valence-electron chi connectivity index (χ0n) is 12.4. The van der Waals surface area contributed by atoms with E-state index in [1.54, 1.807) is 0 Å². The van der Waals surface area contributed by atoms with E-state index < -0.39 is 0 Å². The van der Waals surface area contributed by atoms with Gasteiger partial charge >= 0.3 is 0 Å². The molecule has 1 aliphatic carbocycles. The summed E-state index contributed by atoms with van der Waals surface area (Å²) >= 11 is 0. The van der Waals surface area contributed by atoms with E-state index in [2.05, 4.69) is 27.9 Å². The second-order valence-corrected chi connectivity index (χ2v) is 5.71. The van der Waals surface area contributed by atoms with Crippen LogP contribution in [0.3, 0.4) is 0 Å². The number of nitrogens with one attached hydrogen (secondary N) is 1. The molecule has 1 aliphatic rings. The van der Waals surface area contributed by atoms with Gasteiger partial charge in [0, 0.05) is 19.0 Å². The quantitative estimate of drug-likeness (QED) is 0.812. The van der Waals surface area contributed by atoms with Gasteiger partial charge in [-0.05, 0) is 31.4 Å². The van der Waals surface area contributed by atoms with Crippen LogP contribution in [-0.4, -0.2) is 27.5 Å². The molecule has 5 heteroatoms. The number of imidazole rings is 1. The average Bonchev–Trinajstić information content (AvgIpc) is 3.23. The molecule has 0 saturated heterocycles. The van der Waals surface area contributed by atoms with Gasteiger partial charge in [0.25, 0.3) is 0 Å². The summed E-state index contributed by atoms with van der Waals surface area (Å²) in [5, 5.41) is 3.33. The van der Waals surface area contributed by atoms with Crippen molar-refractivity contribution in [2.75, 3.05) is 0 Å². The van der Waals surface area contributed by atoms with Gasteiger partial charge in [-0.25, -0.2) is 4.98 Å². The monoisotopic (exact) mass is 286 g/mol. The number of fused-ring (bicyclic) bond motifs is 1. The summed E-state index contributed by atoms with van der Waals surface area (Å²) in [7, 11) is 0. The lowest BCUT2D eigenvalue weighted by Crippen LogP contribution is -2.43. The number of nitrogens with zero attached hydrogens (tertiary/aromatic N) is 2. The van der Waals surface area contributed by atoms with Gasteiger partial charge in [-0.15, -0.1) is 0 Å². The van der Waals surface area contributed by atoms with Crippen LogP contribution in [0.25, 0.3) is 11.0 Å². The fraction of sp³-hybridized carbons (Fsp3) is 0.500. The number of nitrogens with two attached hydrogens (primary N) is 1. The van der Waals surface area contributed by atoms with Gasteiger partial charge < -0.3 is 15.6 Å². The standard InChI is InChI=1S/C16H22N4O/c1-2-15-19-12-5-3-4-6-14(12)20(15)10-9-13(16(17)21)18-11-7-8-11/h3-6,11,13,18H,2,7-10H2,1H3,(H2,17,21). The second kappa shape index (κ2) is 5.85. The number of primary amides is 1. The Morgan fingerprint density at radius 2 is 2.24 bits per heavy atom. The highest BCUT2D eigenvalue weighted by Crippen LogP contribution is 2.21. The van der Waals surface area contributed by atoms with Gasteiger partial charge in [-0.2, -0.15) is 0 Å². The van der Waals surface area contributed by atoms with Crippen molar-refractivity contribution in [1.29, 1.82) is 0 Å². The topological polar surface area (TPSA) is 72.9 Å². The number of amides is 1. The Morgan fingerprint density at radius 3 is 2.90 bits per heavy atom. The Balaban J connectivity index is 1.78. The van der Waals surface area contributed by atoms with Crippen molar-refractivity contribution >= 4 is 16.9 Å². The number of rotatable bonds is 7. The highest BCUT2D eigenvalue weighted by Gasteiger charge is 2.27. The van der Waals surface area contributed by atoms with Crippen LogP contribution in [0, 0.1) is 0 Å². The summed E-state index contributed by atoms with van der Waals surface area (Å²) in [5.41, 5.74) is 7.65. The Labute approximate surface area is 124 Å². The Kier molecular flexibility index (Phi) is 3.92. The molecule has 0 bridgehead atoms. The van der Waals surface area contributed by atoms with E-state index in [4.69, 9.17) is 5.73 Å². The summed E-state index contributed by atoms with van der Waals surface area (Å²) in [5.74, 6) is 0.801. The van der Waals surface area contributed by atoms with Crippen LogP contribution in [0.1, 0.15) is 32.0 Å². The third kappa shape index (κ3) is 3.08. The number of benzene rings is 1. The van der Waals surface area contributed by atoms with Gasteiger partial charge in [0.15, 0.2) is 0 Å². The molecule has 0 radical (unpaired) electrons. The first-order chi connectivity index (χ1) is 10.2. The molecule has 21 heavy (non-hydrogen) atoms. The maximum Gasteiger partial charge on any atom is 0.234 e. The molecular formula is C16H22N4O. The van der Waals surface area contributed by atoms with Crippen LogP contribution >= 0.6 is 0 Å². The molecule has 1 heterocycles. The predicted molar refractivity (Wildman–Crippen MR) is 82.9 cm³/mol. The predicted octanol–water partition coefficient (Wildman–Crippen LogP) is 1.59. The van der Waals surface area contributed by atoms with Gasteiger partial charge in [0.05, 0.1) is 17.1 Å². The second-order valence-electron chi connectivity index (χ2n) is 5.71. The number of hydrogen-bond donors (Lipinski definition) is 2. The van der Waals surface area contributed by atoms with Crippen LogP contribution in [-0.2, 0) is 17.8 Å². The lowest BCUT2D eigenvalue weighted by molar-refractivity contribution is -0.120. The summed E-state index contributed by atoms with van der Waals surface area (Å²) in [6.07, 6.45) is 3.89. The van der Waals surface area contributed by atoms with E-state index in [1.165, 1.54) is 0 Å². The van der Waals surface area contributed by atoms with Crippen LogP contribution in [0.15, 0.2) is 24.3 Å². The zero-order chi connectivity index (χ0) is 14.8. The minimum Gasteiger partial charge on any atom is -0.368 e. The normalized spacial score (nSPS) is 16.2. The molecule has 3 rings (SSSR count). The number of carbonyl (C=O) groups is 1. The molecule has 0 spiro atoms. The molecule has 1 fully saturated rings. The average molecular weight is 286 g/mol. The van der Waals surface area contributed by atoms with E-state index in [0.29, 0.717) is 12.5 Å². The van der Waals surface area contributed by atoms with E-state index >= 15 is 0 Å². The molecule has 2 aromatic rings. The molecule has 1 unspecified atom stereocenters.